The Morgan fingerprint density at radius 2 is 2.00 bits per heavy atom. The van der Waals surface area contributed by atoms with Gasteiger partial charge in [-0.15, -0.1) is 0 Å². The van der Waals surface area contributed by atoms with Crippen molar-refractivity contribution in [1.82, 2.24) is 5.43 Å². The van der Waals surface area contributed by atoms with E-state index in [-0.39, 0.29) is 5.60 Å². The van der Waals surface area contributed by atoms with Crippen LogP contribution >= 0.6 is 0 Å². The minimum absolute atomic E-state index is 0.251. The van der Waals surface area contributed by atoms with Crippen LogP contribution in [-0.2, 0) is 4.74 Å². The van der Waals surface area contributed by atoms with Gasteiger partial charge in [-0.2, -0.15) is 0 Å². The van der Waals surface area contributed by atoms with Crippen LogP contribution in [0.2, 0.25) is 0 Å². The van der Waals surface area contributed by atoms with Crippen LogP contribution in [0, 0.1) is 17.8 Å². The highest BCUT2D eigenvalue weighted by atomic mass is 16.5. The fourth-order valence-electron chi connectivity index (χ4n) is 3.92. The van der Waals surface area contributed by atoms with E-state index in [1.807, 2.05) is 0 Å². The Morgan fingerprint density at radius 1 is 1.24 bits per heavy atom. The van der Waals surface area contributed by atoms with Gasteiger partial charge in [0.2, 0.25) is 0 Å². The number of rotatable bonds is 4. The second kappa shape index (κ2) is 4.52. The van der Waals surface area contributed by atoms with Gasteiger partial charge < -0.3 is 4.74 Å². The van der Waals surface area contributed by atoms with Crippen molar-refractivity contribution >= 4 is 0 Å². The average Bonchev–Trinajstić information content (AvgIpc) is 3.12. The normalized spacial score (nSPS) is 35.3. The smallest absolute Gasteiger partial charge is 0.0685 e. The third kappa shape index (κ3) is 2.25. The van der Waals surface area contributed by atoms with Gasteiger partial charge in [0.05, 0.1) is 5.60 Å². The molecule has 3 fully saturated rings. The van der Waals surface area contributed by atoms with Crippen molar-refractivity contribution in [2.75, 3.05) is 6.61 Å². The number of ether oxygens (including phenoxy) is 1. The Hall–Kier alpha value is -0.120. The summed E-state index contributed by atoms with van der Waals surface area (Å²) in [5, 5.41) is 0. The van der Waals surface area contributed by atoms with Crippen molar-refractivity contribution in [3.8, 4) is 0 Å². The molecule has 0 bridgehead atoms. The number of hydrogen-bond acceptors (Lipinski definition) is 3. The van der Waals surface area contributed by atoms with Crippen LogP contribution in [0.5, 0.6) is 0 Å². The van der Waals surface area contributed by atoms with E-state index in [4.69, 9.17) is 10.6 Å². The Kier molecular flexibility index (Phi) is 3.18. The first-order valence-corrected chi connectivity index (χ1v) is 7.34. The number of hydrogen-bond donors (Lipinski definition) is 2. The van der Waals surface area contributed by atoms with Gasteiger partial charge in [0.25, 0.3) is 0 Å². The molecular formula is C14H26N2O. The zero-order chi connectivity index (χ0) is 11.9. The number of nitrogens with one attached hydrogen (secondary N) is 1. The van der Waals surface area contributed by atoms with E-state index in [0.717, 1.165) is 24.4 Å². The predicted molar refractivity (Wildman–Crippen MR) is 68.3 cm³/mol. The molecule has 3 N–H and O–H groups in total. The van der Waals surface area contributed by atoms with Crippen LogP contribution in [-0.4, -0.2) is 18.2 Å². The summed E-state index contributed by atoms with van der Waals surface area (Å²) in [5.41, 5.74) is 3.37. The lowest BCUT2D eigenvalue weighted by molar-refractivity contribution is -0.149. The van der Waals surface area contributed by atoms with Crippen LogP contribution in [0.1, 0.15) is 51.9 Å². The lowest BCUT2D eigenvalue weighted by atomic mass is 9.69. The van der Waals surface area contributed by atoms with Gasteiger partial charge in [-0.25, -0.2) is 0 Å². The topological polar surface area (TPSA) is 47.3 Å². The lowest BCUT2D eigenvalue weighted by Gasteiger charge is -2.49. The molecule has 1 saturated heterocycles. The van der Waals surface area contributed by atoms with Gasteiger partial charge in [-0.05, 0) is 62.7 Å². The van der Waals surface area contributed by atoms with Crippen LogP contribution < -0.4 is 11.3 Å². The van der Waals surface area contributed by atoms with Gasteiger partial charge in [-0.1, -0.05) is 6.92 Å². The molecule has 3 nitrogen and oxygen atoms in total. The van der Waals surface area contributed by atoms with E-state index in [0.29, 0.717) is 6.04 Å². The molecule has 1 heterocycles. The van der Waals surface area contributed by atoms with Crippen molar-refractivity contribution in [2.24, 2.45) is 23.6 Å². The molecule has 0 aromatic carbocycles. The van der Waals surface area contributed by atoms with Gasteiger partial charge in [0.15, 0.2) is 0 Å². The maximum absolute atomic E-state index is 6.01. The van der Waals surface area contributed by atoms with Crippen LogP contribution in [0.3, 0.4) is 0 Å². The average molecular weight is 238 g/mol. The Balaban J connectivity index is 1.64. The highest BCUT2D eigenvalue weighted by Crippen LogP contribution is 2.47. The van der Waals surface area contributed by atoms with Crippen LogP contribution in [0.25, 0.3) is 0 Å². The first kappa shape index (κ1) is 11.9. The van der Waals surface area contributed by atoms with Crippen LogP contribution in [0.15, 0.2) is 0 Å². The van der Waals surface area contributed by atoms with Crippen molar-refractivity contribution in [2.45, 2.75) is 63.5 Å². The highest BCUT2D eigenvalue weighted by Gasteiger charge is 2.46. The maximum Gasteiger partial charge on any atom is 0.0685 e. The zero-order valence-electron chi connectivity index (χ0n) is 11.0. The molecular weight excluding hydrogens is 212 g/mol. The summed E-state index contributed by atoms with van der Waals surface area (Å²) < 4.78 is 6.01. The molecule has 1 aliphatic heterocycles. The van der Waals surface area contributed by atoms with E-state index in [1.165, 1.54) is 44.9 Å². The van der Waals surface area contributed by atoms with Gasteiger partial charge >= 0.3 is 0 Å². The third-order valence-corrected chi connectivity index (χ3v) is 5.43. The quantitative estimate of drug-likeness (QED) is 0.583. The van der Waals surface area contributed by atoms with Crippen LogP contribution in [0.4, 0.5) is 0 Å². The largest absolute Gasteiger partial charge is 0.375 e. The second-order valence-electron chi connectivity index (χ2n) is 6.53. The summed E-state index contributed by atoms with van der Waals surface area (Å²) in [7, 11) is 0. The summed E-state index contributed by atoms with van der Waals surface area (Å²) >= 11 is 0. The molecule has 3 heteroatoms. The summed E-state index contributed by atoms with van der Waals surface area (Å²) in [6.07, 6.45) is 9.15. The monoisotopic (exact) mass is 238 g/mol. The predicted octanol–water partition coefficient (Wildman–Crippen LogP) is 2.21. The highest BCUT2D eigenvalue weighted by molar-refractivity contribution is 4.98. The van der Waals surface area contributed by atoms with Crippen molar-refractivity contribution in [3.05, 3.63) is 0 Å². The number of hydrazine groups is 1. The molecule has 2 saturated carbocycles. The Morgan fingerprint density at radius 3 is 2.53 bits per heavy atom. The zero-order valence-corrected chi connectivity index (χ0v) is 11.0. The minimum atomic E-state index is 0.251. The van der Waals surface area contributed by atoms with Crippen molar-refractivity contribution < 1.29 is 4.74 Å². The first-order valence-electron chi connectivity index (χ1n) is 7.34. The molecule has 0 aromatic rings. The fraction of sp³-hybridized carbons (Fsp3) is 1.00. The number of nitrogens with two attached hydrogens (primary N) is 1. The molecule has 98 valence electrons. The minimum Gasteiger partial charge on any atom is -0.375 e. The molecule has 3 atom stereocenters. The fourth-order valence-corrected chi connectivity index (χ4v) is 3.92. The second-order valence-corrected chi connectivity index (χ2v) is 6.53. The molecule has 3 aliphatic rings. The molecule has 17 heavy (non-hydrogen) atoms. The van der Waals surface area contributed by atoms with E-state index in [9.17, 15) is 0 Å². The Bertz CT molecular complexity index is 273. The molecule has 0 radical (unpaired) electrons. The summed E-state index contributed by atoms with van der Waals surface area (Å²) in [6, 6.07) is 0.504. The lowest BCUT2D eigenvalue weighted by Crippen LogP contribution is -2.53. The van der Waals surface area contributed by atoms with E-state index in [2.05, 4.69) is 12.3 Å². The van der Waals surface area contributed by atoms with Gasteiger partial charge in [0, 0.05) is 12.6 Å². The van der Waals surface area contributed by atoms with E-state index >= 15 is 0 Å². The summed E-state index contributed by atoms with van der Waals surface area (Å²) in [4.78, 5) is 0. The SMILES string of the molecule is CC(C1CC1)C(NN)C1CCOC2(CCC2)C1. The molecule has 1 spiro atoms. The van der Waals surface area contributed by atoms with Gasteiger partial charge in [-0.3, -0.25) is 11.3 Å². The molecule has 3 unspecified atom stereocenters. The van der Waals surface area contributed by atoms with Gasteiger partial charge in [0.1, 0.15) is 0 Å². The first-order chi connectivity index (χ1) is 8.24. The van der Waals surface area contributed by atoms with Crippen molar-refractivity contribution in [3.63, 3.8) is 0 Å². The van der Waals surface area contributed by atoms with E-state index in [1.54, 1.807) is 0 Å². The van der Waals surface area contributed by atoms with Crippen molar-refractivity contribution in [1.29, 1.82) is 0 Å². The summed E-state index contributed by atoms with van der Waals surface area (Å²) in [6.45, 7) is 3.32. The summed E-state index contributed by atoms with van der Waals surface area (Å²) in [5.74, 6) is 8.22. The Labute approximate surface area is 104 Å². The van der Waals surface area contributed by atoms with E-state index < -0.39 is 0 Å². The molecule has 3 rings (SSSR count). The molecule has 0 amide bonds. The third-order valence-electron chi connectivity index (χ3n) is 5.43. The standard InChI is InChI=1S/C14H26N2O/c1-10(11-3-4-11)13(16-15)12-5-8-17-14(9-12)6-2-7-14/h10-13,16H,2-9,15H2,1H3. The molecule has 2 aliphatic carbocycles. The molecule has 0 aromatic heterocycles. The maximum atomic E-state index is 6.01.